The van der Waals surface area contributed by atoms with Gasteiger partial charge in [-0.1, -0.05) is 0 Å². The minimum Gasteiger partial charge on any atom is -0.381 e. The first kappa shape index (κ1) is 12.1. The van der Waals surface area contributed by atoms with Gasteiger partial charge in [0.25, 0.3) is 0 Å². The molecule has 2 saturated heterocycles. The molecule has 7 heteroatoms. The SMILES string of the molecule is CC1(C)O[C@H]2O[C@H](C(O)C(F)(F)F)C[C@H]2O1. The number of aliphatic hydroxyl groups excluding tert-OH is 1. The molecule has 0 amide bonds. The van der Waals surface area contributed by atoms with E-state index in [-0.39, 0.29) is 6.42 Å². The van der Waals surface area contributed by atoms with Crippen molar-refractivity contribution in [3.8, 4) is 0 Å². The maximum Gasteiger partial charge on any atom is 0.416 e. The zero-order valence-corrected chi connectivity index (χ0v) is 8.82. The Morgan fingerprint density at radius 3 is 2.44 bits per heavy atom. The van der Waals surface area contributed by atoms with Crippen molar-refractivity contribution >= 4 is 0 Å². The summed E-state index contributed by atoms with van der Waals surface area (Å²) in [6, 6.07) is 0. The van der Waals surface area contributed by atoms with E-state index in [1.807, 2.05) is 0 Å². The molecule has 2 fully saturated rings. The average molecular weight is 242 g/mol. The Labute approximate surface area is 90.3 Å². The van der Waals surface area contributed by atoms with Gasteiger partial charge in [-0.25, -0.2) is 0 Å². The number of halogens is 3. The van der Waals surface area contributed by atoms with Crippen LogP contribution in [0.3, 0.4) is 0 Å². The molecule has 2 aliphatic heterocycles. The summed E-state index contributed by atoms with van der Waals surface area (Å²) in [4.78, 5) is 0. The largest absolute Gasteiger partial charge is 0.416 e. The molecule has 1 N–H and O–H groups in total. The number of hydrogen-bond acceptors (Lipinski definition) is 4. The van der Waals surface area contributed by atoms with Crippen LogP contribution in [0.5, 0.6) is 0 Å². The van der Waals surface area contributed by atoms with Gasteiger partial charge in [0.05, 0.1) is 6.10 Å². The van der Waals surface area contributed by atoms with Gasteiger partial charge in [-0.15, -0.1) is 0 Å². The maximum atomic E-state index is 12.2. The lowest BCUT2D eigenvalue weighted by atomic mass is 10.1. The predicted molar refractivity (Wildman–Crippen MR) is 45.4 cm³/mol. The zero-order chi connectivity index (χ0) is 12.1. The third kappa shape index (κ3) is 2.17. The van der Waals surface area contributed by atoms with E-state index in [4.69, 9.17) is 19.3 Å². The van der Waals surface area contributed by atoms with Gasteiger partial charge in [-0.05, 0) is 13.8 Å². The fourth-order valence-corrected chi connectivity index (χ4v) is 1.95. The monoisotopic (exact) mass is 242 g/mol. The standard InChI is InChI=1S/C9H13F3O4/c1-8(2)15-5-3-4(14-7(5)16-8)6(13)9(10,11)12/h4-7,13H,3H2,1-2H3/t4-,5+,6?,7+/m0/s1. The van der Waals surface area contributed by atoms with Crippen LogP contribution in [0.25, 0.3) is 0 Å². The Balaban J connectivity index is 1.97. The molecule has 0 radical (unpaired) electrons. The summed E-state index contributed by atoms with van der Waals surface area (Å²) in [5.41, 5.74) is 0. The molecular weight excluding hydrogens is 229 g/mol. The van der Waals surface area contributed by atoms with Gasteiger partial charge < -0.3 is 19.3 Å². The Kier molecular flexibility index (Phi) is 2.69. The molecule has 1 unspecified atom stereocenters. The number of ether oxygens (including phenoxy) is 3. The van der Waals surface area contributed by atoms with Crippen LogP contribution in [0.4, 0.5) is 13.2 Å². The second kappa shape index (κ2) is 3.56. The highest BCUT2D eigenvalue weighted by atomic mass is 19.4. The van der Waals surface area contributed by atoms with Crippen LogP contribution in [0.15, 0.2) is 0 Å². The zero-order valence-electron chi connectivity index (χ0n) is 8.82. The van der Waals surface area contributed by atoms with Gasteiger partial charge in [0, 0.05) is 6.42 Å². The van der Waals surface area contributed by atoms with Gasteiger partial charge >= 0.3 is 6.18 Å². The van der Waals surface area contributed by atoms with E-state index in [2.05, 4.69) is 0 Å². The summed E-state index contributed by atoms with van der Waals surface area (Å²) in [6.45, 7) is 3.31. The van der Waals surface area contributed by atoms with E-state index in [9.17, 15) is 13.2 Å². The van der Waals surface area contributed by atoms with Crippen molar-refractivity contribution in [1.82, 2.24) is 0 Å². The molecule has 2 aliphatic rings. The summed E-state index contributed by atoms with van der Waals surface area (Å²) in [5.74, 6) is -0.844. The Morgan fingerprint density at radius 1 is 1.31 bits per heavy atom. The van der Waals surface area contributed by atoms with Crippen LogP contribution in [-0.2, 0) is 14.2 Å². The number of aliphatic hydroxyl groups is 1. The summed E-state index contributed by atoms with van der Waals surface area (Å²) < 4.78 is 52.2. The minimum absolute atomic E-state index is 0.0191. The van der Waals surface area contributed by atoms with E-state index in [1.165, 1.54) is 0 Å². The highest BCUT2D eigenvalue weighted by Crippen LogP contribution is 2.40. The fraction of sp³-hybridized carbons (Fsp3) is 1.00. The second-order valence-electron chi connectivity index (χ2n) is 4.44. The van der Waals surface area contributed by atoms with E-state index in [0.717, 1.165) is 0 Å². The van der Waals surface area contributed by atoms with E-state index >= 15 is 0 Å². The smallest absolute Gasteiger partial charge is 0.381 e. The third-order valence-electron chi connectivity index (χ3n) is 2.60. The summed E-state index contributed by atoms with van der Waals surface area (Å²) in [7, 11) is 0. The summed E-state index contributed by atoms with van der Waals surface area (Å²) >= 11 is 0. The van der Waals surface area contributed by atoms with Crippen molar-refractivity contribution in [2.45, 2.75) is 56.8 Å². The molecule has 0 spiro atoms. The van der Waals surface area contributed by atoms with Gasteiger partial charge in [0.2, 0.25) is 0 Å². The number of hydrogen-bond donors (Lipinski definition) is 1. The van der Waals surface area contributed by atoms with Crippen molar-refractivity contribution < 1.29 is 32.5 Å². The number of fused-ring (bicyclic) bond motifs is 1. The summed E-state index contributed by atoms with van der Waals surface area (Å²) in [5, 5.41) is 9.01. The van der Waals surface area contributed by atoms with Crippen LogP contribution in [0.1, 0.15) is 20.3 Å². The van der Waals surface area contributed by atoms with Crippen LogP contribution in [0, 0.1) is 0 Å². The first-order valence-electron chi connectivity index (χ1n) is 4.95. The second-order valence-corrected chi connectivity index (χ2v) is 4.44. The lowest BCUT2D eigenvalue weighted by Crippen LogP contribution is -2.40. The molecular formula is C9H13F3O4. The Morgan fingerprint density at radius 2 is 1.94 bits per heavy atom. The Bertz CT molecular complexity index is 262. The quantitative estimate of drug-likeness (QED) is 0.750. The number of rotatable bonds is 1. The molecule has 4 nitrogen and oxygen atoms in total. The highest BCUT2D eigenvalue weighted by molar-refractivity contribution is 4.90. The third-order valence-corrected chi connectivity index (χ3v) is 2.60. The van der Waals surface area contributed by atoms with Crippen LogP contribution in [0.2, 0.25) is 0 Å². The predicted octanol–water partition coefficient (Wildman–Crippen LogP) is 1.18. The fourth-order valence-electron chi connectivity index (χ4n) is 1.95. The van der Waals surface area contributed by atoms with Crippen molar-refractivity contribution in [2.75, 3.05) is 0 Å². The average Bonchev–Trinajstić information content (AvgIpc) is 2.54. The maximum absolute atomic E-state index is 12.2. The van der Waals surface area contributed by atoms with Gasteiger partial charge in [0.15, 0.2) is 18.2 Å². The van der Waals surface area contributed by atoms with E-state index in [1.54, 1.807) is 13.8 Å². The molecule has 0 aromatic rings. The molecule has 4 atom stereocenters. The van der Waals surface area contributed by atoms with Crippen LogP contribution in [-0.4, -0.2) is 41.7 Å². The first-order chi connectivity index (χ1) is 7.19. The molecule has 94 valence electrons. The van der Waals surface area contributed by atoms with Crippen molar-refractivity contribution in [3.63, 3.8) is 0 Å². The molecule has 0 aromatic carbocycles. The van der Waals surface area contributed by atoms with E-state index in [0.29, 0.717) is 0 Å². The highest BCUT2D eigenvalue weighted by Gasteiger charge is 2.54. The topological polar surface area (TPSA) is 47.9 Å². The first-order valence-corrected chi connectivity index (χ1v) is 4.95. The normalized spacial score (nSPS) is 39.8. The molecule has 16 heavy (non-hydrogen) atoms. The van der Waals surface area contributed by atoms with Gasteiger partial charge in [-0.2, -0.15) is 13.2 Å². The molecule has 2 heterocycles. The molecule has 0 aromatic heterocycles. The van der Waals surface area contributed by atoms with Crippen LogP contribution >= 0.6 is 0 Å². The Hall–Kier alpha value is -0.370. The van der Waals surface area contributed by atoms with E-state index < -0.39 is 36.6 Å². The van der Waals surface area contributed by atoms with Crippen molar-refractivity contribution in [3.05, 3.63) is 0 Å². The summed E-state index contributed by atoms with van der Waals surface area (Å²) in [6.07, 6.45) is -9.87. The molecule has 2 rings (SSSR count). The van der Waals surface area contributed by atoms with Crippen molar-refractivity contribution in [2.24, 2.45) is 0 Å². The van der Waals surface area contributed by atoms with Gasteiger partial charge in [-0.3, -0.25) is 0 Å². The molecule has 0 saturated carbocycles. The molecule has 0 bridgehead atoms. The minimum atomic E-state index is -4.68. The molecule has 0 aliphatic carbocycles. The van der Waals surface area contributed by atoms with Crippen LogP contribution < -0.4 is 0 Å². The lowest BCUT2D eigenvalue weighted by Gasteiger charge is -2.24. The van der Waals surface area contributed by atoms with Gasteiger partial charge in [0.1, 0.15) is 6.10 Å². The van der Waals surface area contributed by atoms with Crippen molar-refractivity contribution in [1.29, 1.82) is 0 Å². The lowest BCUT2D eigenvalue weighted by molar-refractivity contribution is -0.261. The number of alkyl halides is 3.